The monoisotopic (exact) mass is 246 g/mol. The van der Waals surface area contributed by atoms with Gasteiger partial charge < -0.3 is 15.7 Å². The molecule has 1 aliphatic heterocycles. The van der Waals surface area contributed by atoms with Gasteiger partial charge in [0.1, 0.15) is 0 Å². The summed E-state index contributed by atoms with van der Waals surface area (Å²) in [5.41, 5.74) is -0.813. The molecule has 0 saturated carbocycles. The van der Waals surface area contributed by atoms with Crippen LogP contribution in [0.25, 0.3) is 0 Å². The minimum atomic E-state index is -0.813. The van der Waals surface area contributed by atoms with Crippen molar-refractivity contribution >= 4 is 17.7 Å². The second kappa shape index (κ2) is 5.89. The van der Waals surface area contributed by atoms with Crippen LogP contribution in [-0.2, 0) is 4.79 Å². The van der Waals surface area contributed by atoms with E-state index in [-0.39, 0.29) is 11.8 Å². The molecule has 0 aromatic rings. The van der Waals surface area contributed by atoms with Crippen molar-refractivity contribution in [1.29, 1.82) is 0 Å². The van der Waals surface area contributed by atoms with Crippen molar-refractivity contribution in [1.82, 2.24) is 10.6 Å². The van der Waals surface area contributed by atoms with E-state index >= 15 is 0 Å². The molecule has 1 fully saturated rings. The molecule has 0 radical (unpaired) electrons. The standard InChI is InChI=1S/C11H22N2O2S/c1-8(9-4-12-5-9)10(14)13-6-11(2,15)7-16-3/h8-9,12,15H,4-7H2,1-3H3,(H,13,14). The minimum Gasteiger partial charge on any atom is -0.387 e. The number of carbonyl (C=O) groups excluding carboxylic acids is 1. The first-order valence-corrected chi connectivity index (χ1v) is 7.05. The molecule has 3 N–H and O–H groups in total. The number of thioether (sulfide) groups is 1. The van der Waals surface area contributed by atoms with E-state index in [2.05, 4.69) is 10.6 Å². The number of hydrogen-bond donors (Lipinski definition) is 3. The van der Waals surface area contributed by atoms with Gasteiger partial charge in [-0.05, 0) is 32.2 Å². The van der Waals surface area contributed by atoms with Crippen LogP contribution in [0.3, 0.4) is 0 Å². The molecular formula is C11H22N2O2S. The molecule has 1 saturated heterocycles. The number of aliphatic hydroxyl groups is 1. The molecule has 0 spiro atoms. The highest BCUT2D eigenvalue weighted by Gasteiger charge is 2.29. The average Bonchev–Trinajstić information content (AvgIpc) is 2.11. The first-order chi connectivity index (χ1) is 7.46. The van der Waals surface area contributed by atoms with Crippen LogP contribution >= 0.6 is 11.8 Å². The predicted octanol–water partition coefficient (Wildman–Crippen LogP) is 0.0721. The Morgan fingerprint density at radius 3 is 2.75 bits per heavy atom. The number of hydrogen-bond acceptors (Lipinski definition) is 4. The summed E-state index contributed by atoms with van der Waals surface area (Å²) in [6.07, 6.45) is 1.94. The summed E-state index contributed by atoms with van der Waals surface area (Å²) >= 11 is 1.58. The van der Waals surface area contributed by atoms with Crippen LogP contribution < -0.4 is 10.6 Å². The molecule has 0 aromatic heterocycles. The third-order valence-corrected chi connectivity index (χ3v) is 3.94. The van der Waals surface area contributed by atoms with E-state index in [9.17, 15) is 9.90 Å². The molecule has 5 heteroatoms. The van der Waals surface area contributed by atoms with Gasteiger partial charge in [0.15, 0.2) is 0 Å². The van der Waals surface area contributed by atoms with Gasteiger partial charge in [-0.15, -0.1) is 0 Å². The summed E-state index contributed by atoms with van der Waals surface area (Å²) < 4.78 is 0. The van der Waals surface area contributed by atoms with Gasteiger partial charge in [-0.3, -0.25) is 4.79 Å². The zero-order chi connectivity index (χ0) is 12.2. The summed E-state index contributed by atoms with van der Waals surface area (Å²) in [7, 11) is 0. The molecule has 1 amide bonds. The maximum Gasteiger partial charge on any atom is 0.223 e. The Morgan fingerprint density at radius 2 is 2.31 bits per heavy atom. The van der Waals surface area contributed by atoms with E-state index in [1.807, 2.05) is 13.2 Å². The van der Waals surface area contributed by atoms with Crippen LogP contribution in [0, 0.1) is 11.8 Å². The first kappa shape index (κ1) is 13.8. The van der Waals surface area contributed by atoms with Crippen LogP contribution in [0.5, 0.6) is 0 Å². The lowest BCUT2D eigenvalue weighted by atomic mass is 9.88. The molecule has 1 rings (SSSR count). The first-order valence-electron chi connectivity index (χ1n) is 5.66. The molecular weight excluding hydrogens is 224 g/mol. The summed E-state index contributed by atoms with van der Waals surface area (Å²) in [5, 5.41) is 15.9. The van der Waals surface area contributed by atoms with Gasteiger partial charge in [0, 0.05) is 18.2 Å². The Labute approximate surface area is 102 Å². The van der Waals surface area contributed by atoms with Gasteiger partial charge in [0.05, 0.1) is 5.60 Å². The van der Waals surface area contributed by atoms with E-state index < -0.39 is 5.60 Å². The van der Waals surface area contributed by atoms with Crippen LogP contribution in [0.2, 0.25) is 0 Å². The lowest BCUT2D eigenvalue weighted by Crippen LogP contribution is -2.51. The van der Waals surface area contributed by atoms with Crippen LogP contribution in [0.1, 0.15) is 13.8 Å². The minimum absolute atomic E-state index is 0.0336. The zero-order valence-electron chi connectivity index (χ0n) is 10.2. The fraction of sp³-hybridized carbons (Fsp3) is 0.909. The summed E-state index contributed by atoms with van der Waals surface area (Å²) in [6, 6.07) is 0. The van der Waals surface area contributed by atoms with E-state index in [0.717, 1.165) is 13.1 Å². The SMILES string of the molecule is CSCC(C)(O)CNC(=O)C(C)C1CNC1. The molecule has 1 aliphatic rings. The average molecular weight is 246 g/mol. The fourth-order valence-electron chi connectivity index (χ4n) is 1.68. The number of nitrogens with one attached hydrogen (secondary N) is 2. The van der Waals surface area contributed by atoms with Gasteiger partial charge in [0.2, 0.25) is 5.91 Å². The molecule has 16 heavy (non-hydrogen) atoms. The van der Waals surface area contributed by atoms with Crippen LogP contribution in [0.4, 0.5) is 0 Å². The maximum atomic E-state index is 11.8. The Kier molecular flexibility index (Phi) is 5.08. The highest BCUT2D eigenvalue weighted by atomic mass is 32.2. The van der Waals surface area contributed by atoms with E-state index in [1.54, 1.807) is 18.7 Å². The number of rotatable bonds is 6. The molecule has 2 unspecified atom stereocenters. The van der Waals surface area contributed by atoms with Crippen molar-refractivity contribution in [3.05, 3.63) is 0 Å². The zero-order valence-corrected chi connectivity index (χ0v) is 11.1. The number of amides is 1. The lowest BCUT2D eigenvalue weighted by molar-refractivity contribution is -0.127. The normalized spacial score (nSPS) is 22.0. The number of carbonyl (C=O) groups is 1. The highest BCUT2D eigenvalue weighted by Crippen LogP contribution is 2.16. The van der Waals surface area contributed by atoms with Crippen molar-refractivity contribution in [3.8, 4) is 0 Å². The Hall–Kier alpha value is -0.260. The topological polar surface area (TPSA) is 61.4 Å². The van der Waals surface area contributed by atoms with E-state index in [0.29, 0.717) is 18.2 Å². The summed E-state index contributed by atoms with van der Waals surface area (Å²) in [5.74, 6) is 1.16. The van der Waals surface area contributed by atoms with E-state index in [4.69, 9.17) is 0 Å². The third-order valence-electron chi connectivity index (χ3n) is 3.03. The molecule has 0 aliphatic carbocycles. The fourth-order valence-corrected chi connectivity index (χ4v) is 2.40. The summed E-state index contributed by atoms with van der Waals surface area (Å²) in [4.78, 5) is 11.8. The Morgan fingerprint density at radius 1 is 1.69 bits per heavy atom. The van der Waals surface area contributed by atoms with Crippen molar-refractivity contribution < 1.29 is 9.90 Å². The van der Waals surface area contributed by atoms with Gasteiger partial charge in [-0.25, -0.2) is 0 Å². The van der Waals surface area contributed by atoms with Gasteiger partial charge >= 0.3 is 0 Å². The molecule has 1 heterocycles. The maximum absolute atomic E-state index is 11.8. The second-order valence-electron chi connectivity index (χ2n) is 4.85. The van der Waals surface area contributed by atoms with E-state index in [1.165, 1.54) is 0 Å². The smallest absolute Gasteiger partial charge is 0.223 e. The van der Waals surface area contributed by atoms with Gasteiger partial charge in [-0.1, -0.05) is 6.92 Å². The van der Waals surface area contributed by atoms with Crippen molar-refractivity contribution in [2.24, 2.45) is 11.8 Å². The predicted molar refractivity (Wildman–Crippen MR) is 67.5 cm³/mol. The lowest BCUT2D eigenvalue weighted by Gasteiger charge is -2.32. The largest absolute Gasteiger partial charge is 0.387 e. The Bertz CT molecular complexity index is 242. The molecule has 94 valence electrons. The van der Waals surface area contributed by atoms with Crippen LogP contribution in [-0.4, -0.2) is 48.3 Å². The Balaban J connectivity index is 2.28. The van der Waals surface area contributed by atoms with Gasteiger partial charge in [-0.2, -0.15) is 11.8 Å². The molecule has 0 aromatic carbocycles. The second-order valence-corrected chi connectivity index (χ2v) is 5.72. The van der Waals surface area contributed by atoms with Crippen molar-refractivity contribution in [2.45, 2.75) is 19.4 Å². The molecule has 0 bridgehead atoms. The molecule has 4 nitrogen and oxygen atoms in total. The quantitative estimate of drug-likeness (QED) is 0.621. The molecule has 2 atom stereocenters. The third kappa shape index (κ3) is 3.96. The van der Waals surface area contributed by atoms with Crippen molar-refractivity contribution in [3.63, 3.8) is 0 Å². The highest BCUT2D eigenvalue weighted by molar-refractivity contribution is 7.98. The van der Waals surface area contributed by atoms with Crippen molar-refractivity contribution in [2.75, 3.05) is 31.6 Å². The van der Waals surface area contributed by atoms with Gasteiger partial charge in [0.25, 0.3) is 0 Å². The summed E-state index contributed by atoms with van der Waals surface area (Å²) in [6.45, 7) is 5.88. The van der Waals surface area contributed by atoms with Crippen LogP contribution in [0.15, 0.2) is 0 Å².